The van der Waals surface area contributed by atoms with Crippen molar-refractivity contribution in [3.05, 3.63) is 65.7 Å². The van der Waals surface area contributed by atoms with Gasteiger partial charge in [-0.2, -0.15) is 0 Å². The molecule has 1 saturated heterocycles. The predicted octanol–water partition coefficient (Wildman–Crippen LogP) is -6.10. The third kappa shape index (κ3) is 34.1. The van der Waals surface area contributed by atoms with E-state index in [9.17, 15) is 121 Å². The van der Waals surface area contributed by atoms with Gasteiger partial charge >= 0.3 is 29.8 Å². The van der Waals surface area contributed by atoms with Crippen LogP contribution in [0, 0.1) is 5.92 Å². The molecule has 0 spiro atoms. The maximum absolute atomic E-state index is 14.8. The summed E-state index contributed by atoms with van der Waals surface area (Å²) in [4.78, 5) is 272. The number of nitrogen functional groups attached to an aromatic ring is 1. The van der Waals surface area contributed by atoms with Crippen molar-refractivity contribution < 1.29 is 126 Å². The summed E-state index contributed by atoms with van der Waals surface area (Å²) in [6.07, 6.45) is -3.76. The summed E-state index contributed by atoms with van der Waals surface area (Å²) in [6, 6.07) is -9.14. The number of ether oxygens (including phenoxy) is 1. The second-order valence-electron chi connectivity index (χ2n) is 26.4. The standard InChI is InChI=1S/C70H100N16O26/c1-5-6-7-8-9-10-14-23-51(90)78-42(26-38-18-12-11-13-19-38)64(105)81-43(28-50(73)89)65(106)83-46(31-57(99)100)66(107)86-59-37(4)112-70(111)47(27-49(88)39-20-15-16-21-40(39)72)84-69(110)58(35(2)25-54(93)94)85-67(108)48(34-87)79-53(92)32-74-61(102)44(29-55(95)96)80-60(101)36(3)76-63(104)45(30-56(97)98)82-62(103)41(22-17-24-71)77-52(91)33-75-68(59)109/h11-13,15-16,18-21,35-37,41-48,58-59,87H,5-10,14,17,22-34,71-72H2,1-4H3,(H2,73,89)(H,74,102)(H,75,109)(H,76,104)(H,77,91)(H,78,90)(H,79,92)(H,80,101)(H,81,105)(H,82,103)(H,83,106)(H,84,110)(H,85,108)(H,86,107)(H,93,94)(H,95,96)(H,97,98)(H,99,100)/t35-,36-,37-,41+,42+,43-,44+,45+,46+,47+,48-,58+,59+/m1/s1. The number of cyclic esters (lactones) is 1. The third-order valence-electron chi connectivity index (χ3n) is 17.0. The fraction of sp³-hybridized carbons (Fsp3) is 0.543. The third-order valence-corrected chi connectivity index (χ3v) is 17.0. The zero-order chi connectivity index (χ0) is 83.9. The molecule has 1 heterocycles. The van der Waals surface area contributed by atoms with Crippen LogP contribution in [0.3, 0.4) is 0 Å². The number of carbonyl (C=O) groups is 20. The minimum absolute atomic E-state index is 0.00381. The molecule has 1 fully saturated rings. The summed E-state index contributed by atoms with van der Waals surface area (Å²) < 4.78 is 5.66. The Hall–Kier alpha value is -12.2. The molecule has 0 saturated carbocycles. The molecule has 2 aromatic rings. The highest BCUT2D eigenvalue weighted by atomic mass is 16.5. The van der Waals surface area contributed by atoms with Gasteiger partial charge < -0.3 is 117 Å². The number of ketones is 1. The Kier molecular flexibility index (Phi) is 40.5. The van der Waals surface area contributed by atoms with Gasteiger partial charge in [-0.25, -0.2) is 4.79 Å². The molecule has 0 aromatic heterocycles. The molecule has 0 aliphatic carbocycles. The van der Waals surface area contributed by atoms with Crippen LogP contribution in [-0.2, 0) is 102 Å². The number of aliphatic hydroxyl groups is 1. The van der Waals surface area contributed by atoms with Gasteiger partial charge in [0.1, 0.15) is 72.6 Å². The molecule has 42 heteroatoms. The van der Waals surface area contributed by atoms with Crippen molar-refractivity contribution in [3.8, 4) is 0 Å². The van der Waals surface area contributed by atoms with E-state index in [1.807, 2.05) is 16.0 Å². The first kappa shape index (κ1) is 94.0. The van der Waals surface area contributed by atoms with Crippen molar-refractivity contribution >= 4 is 124 Å². The Bertz CT molecular complexity index is 3720. The molecule has 0 radical (unpaired) electrons. The number of benzene rings is 2. The number of unbranched alkanes of at least 4 members (excludes halogenated alkanes) is 6. The lowest BCUT2D eigenvalue weighted by Crippen LogP contribution is -2.62. The minimum atomic E-state index is -2.44. The zero-order valence-electron chi connectivity index (χ0n) is 62.1. The number of primary amides is 1. The second kappa shape index (κ2) is 48.3. The average molecular weight is 1580 g/mol. The molecule has 3 rings (SSSR count). The van der Waals surface area contributed by atoms with Crippen LogP contribution in [0.2, 0.25) is 0 Å². The number of carboxylic acid groups (broad SMARTS) is 4. The first-order chi connectivity index (χ1) is 52.9. The van der Waals surface area contributed by atoms with Gasteiger partial charge in [0, 0.05) is 30.5 Å². The number of esters is 1. The normalized spacial score (nSPS) is 21.4. The van der Waals surface area contributed by atoms with Crippen LogP contribution < -0.4 is 86.3 Å². The summed E-state index contributed by atoms with van der Waals surface area (Å²) in [7, 11) is 0. The van der Waals surface area contributed by atoms with Crippen molar-refractivity contribution in [1.82, 2.24) is 69.1 Å². The molecule has 0 bridgehead atoms. The van der Waals surface area contributed by atoms with Crippen molar-refractivity contribution in [3.63, 3.8) is 0 Å². The van der Waals surface area contributed by atoms with Gasteiger partial charge in [0.25, 0.3) is 0 Å². The van der Waals surface area contributed by atoms with Crippen LogP contribution in [0.1, 0.15) is 146 Å². The molecular formula is C70H100N16O26. The molecule has 14 amide bonds. The van der Waals surface area contributed by atoms with Crippen LogP contribution in [0.5, 0.6) is 0 Å². The van der Waals surface area contributed by atoms with Gasteiger partial charge in [0.15, 0.2) is 5.78 Å². The maximum atomic E-state index is 14.8. The van der Waals surface area contributed by atoms with Crippen LogP contribution in [0.4, 0.5) is 5.69 Å². The minimum Gasteiger partial charge on any atom is -0.481 e. The number of aliphatic carboxylic acids is 4. The van der Waals surface area contributed by atoms with E-state index in [4.69, 9.17) is 21.9 Å². The molecule has 24 N–H and O–H groups in total. The van der Waals surface area contributed by atoms with E-state index < -0.39 is 261 Å². The number of nitrogens with one attached hydrogen (secondary N) is 13. The number of hydrogen-bond donors (Lipinski definition) is 21. The predicted molar refractivity (Wildman–Crippen MR) is 388 cm³/mol. The van der Waals surface area contributed by atoms with Crippen LogP contribution in [-0.4, -0.2) is 243 Å². The number of Topliss-reactive ketones (excluding diaryl/α,β-unsaturated/α-hetero) is 1. The average Bonchev–Trinajstić information content (AvgIpc) is 0.837. The monoisotopic (exact) mass is 1580 g/mol. The van der Waals surface area contributed by atoms with E-state index in [0.717, 1.165) is 52.9 Å². The fourth-order valence-electron chi connectivity index (χ4n) is 11.1. The van der Waals surface area contributed by atoms with E-state index in [1.54, 1.807) is 30.3 Å². The molecule has 13 atom stereocenters. The number of anilines is 1. The number of hydrogen-bond acceptors (Lipinski definition) is 24. The summed E-state index contributed by atoms with van der Waals surface area (Å²) in [5.41, 5.74) is 17.4. The number of nitrogens with two attached hydrogens (primary N) is 3. The van der Waals surface area contributed by atoms with Gasteiger partial charge in [-0.3, -0.25) is 91.1 Å². The Morgan fingerprint density at radius 1 is 0.527 bits per heavy atom. The van der Waals surface area contributed by atoms with Crippen molar-refractivity contribution in [2.75, 3.05) is 32.0 Å². The Morgan fingerprint density at radius 3 is 1.62 bits per heavy atom. The van der Waals surface area contributed by atoms with E-state index in [1.165, 1.54) is 24.3 Å². The van der Waals surface area contributed by atoms with E-state index in [0.29, 0.717) is 18.4 Å². The highest BCUT2D eigenvalue weighted by Crippen LogP contribution is 2.19. The molecule has 42 nitrogen and oxygen atoms in total. The van der Waals surface area contributed by atoms with Crippen LogP contribution >= 0.6 is 0 Å². The molecule has 1 aliphatic rings. The topological polar surface area (TPSA) is 686 Å². The Balaban J connectivity index is 2.28. The molecular weight excluding hydrogens is 1480 g/mol. The lowest BCUT2D eigenvalue weighted by Gasteiger charge is -2.30. The number of carboxylic acids is 4. The van der Waals surface area contributed by atoms with E-state index in [-0.39, 0.29) is 37.1 Å². The number of para-hydroxylation sites is 1. The molecule has 112 heavy (non-hydrogen) atoms. The van der Waals surface area contributed by atoms with Crippen LogP contribution in [0.15, 0.2) is 54.6 Å². The van der Waals surface area contributed by atoms with Crippen LogP contribution in [0.25, 0.3) is 0 Å². The highest BCUT2D eigenvalue weighted by Gasteiger charge is 2.41. The van der Waals surface area contributed by atoms with Gasteiger partial charge in [0.2, 0.25) is 82.7 Å². The Morgan fingerprint density at radius 2 is 1.04 bits per heavy atom. The van der Waals surface area contributed by atoms with Gasteiger partial charge in [0.05, 0.1) is 51.8 Å². The van der Waals surface area contributed by atoms with Gasteiger partial charge in [-0.1, -0.05) is 94.8 Å². The lowest BCUT2D eigenvalue weighted by molar-refractivity contribution is -0.156. The van der Waals surface area contributed by atoms with Crippen molar-refractivity contribution in [2.45, 2.75) is 209 Å². The number of carbonyl (C=O) groups excluding carboxylic acids is 16. The first-order valence-corrected chi connectivity index (χ1v) is 35.8. The summed E-state index contributed by atoms with van der Waals surface area (Å²) >= 11 is 0. The van der Waals surface area contributed by atoms with Crippen molar-refractivity contribution in [1.29, 1.82) is 0 Å². The van der Waals surface area contributed by atoms with Crippen molar-refractivity contribution in [2.24, 2.45) is 17.4 Å². The second-order valence-corrected chi connectivity index (χ2v) is 26.4. The SMILES string of the molecule is CCCCCCCCCC(=O)N[C@@H](Cc1ccccc1)C(=O)N[C@H](CC(N)=O)C(=O)N[C@@H](CC(=O)O)C(=O)N[C@@H]1C(=O)NCC(=O)N[C@@H](CCCN)C(=O)N[C@@H](CC(=O)O)C(=O)N[C@H](C)C(=O)N[C@@H](CC(=O)O)C(=O)NCC(=O)N[C@H](CO)C(=O)N[C@@H]([C@H](C)CC(=O)O)C(=O)N[C@@H](CC(=O)c2ccccc2N)C(=O)O[C@@H]1C. The number of amides is 14. The first-order valence-electron chi connectivity index (χ1n) is 35.8. The van der Waals surface area contributed by atoms with Gasteiger partial charge in [-0.15, -0.1) is 0 Å². The summed E-state index contributed by atoms with van der Waals surface area (Å²) in [5.74, 6) is -29.7. The molecule has 0 unspecified atom stereocenters. The summed E-state index contributed by atoms with van der Waals surface area (Å²) in [6.45, 7) is 1.12. The van der Waals surface area contributed by atoms with E-state index in [2.05, 4.69) is 60.1 Å². The summed E-state index contributed by atoms with van der Waals surface area (Å²) in [5, 5.41) is 77.8. The van der Waals surface area contributed by atoms with E-state index >= 15 is 0 Å². The Labute approximate surface area is 641 Å². The number of aliphatic hydroxyl groups excluding tert-OH is 1. The zero-order valence-corrected chi connectivity index (χ0v) is 62.1. The molecule has 1 aliphatic heterocycles. The lowest BCUT2D eigenvalue weighted by atomic mass is 9.96. The van der Waals surface area contributed by atoms with Gasteiger partial charge in [-0.05, 0) is 63.3 Å². The smallest absolute Gasteiger partial charge is 0.329 e. The number of rotatable bonds is 35. The molecule has 2 aromatic carbocycles. The quantitative estimate of drug-likeness (QED) is 0.0132. The largest absolute Gasteiger partial charge is 0.481 e. The molecule has 616 valence electrons. The highest BCUT2D eigenvalue weighted by molar-refractivity contribution is 6.05. The fourth-order valence-corrected chi connectivity index (χ4v) is 11.1. The maximum Gasteiger partial charge on any atom is 0.329 e.